The first-order chi connectivity index (χ1) is 31.4. The van der Waals surface area contributed by atoms with E-state index in [1.807, 2.05) is 20.8 Å². The Labute approximate surface area is 377 Å². The van der Waals surface area contributed by atoms with E-state index in [1.54, 1.807) is 6.92 Å². The first-order valence-corrected chi connectivity index (χ1v) is 22.6. The Morgan fingerprint density at radius 2 is 1.61 bits per heavy atom. The van der Waals surface area contributed by atoms with Crippen LogP contribution in [0.5, 0.6) is 0 Å². The van der Waals surface area contributed by atoms with Gasteiger partial charge in [-0.25, -0.2) is 4.79 Å². The Kier molecular flexibility index (Phi) is 10.1. The second-order valence-electron chi connectivity index (χ2n) is 18.9. The number of aliphatic carboxylic acids is 1. The Morgan fingerprint density at radius 3 is 2.26 bits per heavy atom. The second kappa shape index (κ2) is 15.1. The quantitative estimate of drug-likeness (QED) is 0.0539. The molecule has 6 unspecified atom stereocenters. The number of carbonyl (C=O) groups is 6. The number of allylic oxidation sites excluding steroid dienone is 2. The van der Waals surface area contributed by atoms with E-state index in [-0.39, 0.29) is 48.6 Å². The molecule has 1 fully saturated rings. The van der Waals surface area contributed by atoms with Gasteiger partial charge in [0.1, 0.15) is 30.4 Å². The Morgan fingerprint density at radius 1 is 0.924 bits per heavy atom. The van der Waals surface area contributed by atoms with Gasteiger partial charge in [-0.15, -0.1) is 0 Å². The molecular weight excluding hydrogens is 857 g/mol. The molecule has 10 rings (SSSR count). The molecule has 0 aromatic carbocycles. The molecule has 0 radical (unpaired) electrons. The normalized spacial score (nSPS) is 31.8. The predicted molar refractivity (Wildman–Crippen MR) is 231 cm³/mol. The summed E-state index contributed by atoms with van der Waals surface area (Å²) >= 11 is 0. The zero-order valence-electron chi connectivity index (χ0n) is 37.6. The molecule has 7 N–H and O–H groups in total. The van der Waals surface area contributed by atoms with Crippen molar-refractivity contribution in [2.75, 3.05) is 13.7 Å². The van der Waals surface area contributed by atoms with Gasteiger partial charge in [0.05, 0.1) is 65.0 Å². The number of nitrogens with one attached hydrogen (secondary N) is 2. The van der Waals surface area contributed by atoms with E-state index in [4.69, 9.17) is 9.47 Å². The third-order valence-corrected chi connectivity index (χ3v) is 15.7. The molecule has 19 heteroatoms. The highest BCUT2D eigenvalue weighted by Crippen LogP contribution is 2.56. The lowest BCUT2D eigenvalue weighted by Gasteiger charge is -2.40. The largest absolute Gasteiger partial charge is 0.552 e. The van der Waals surface area contributed by atoms with Crippen LogP contribution >= 0.6 is 0 Å². The monoisotopic (exact) mass is 910 g/mol. The van der Waals surface area contributed by atoms with Crippen LogP contribution in [0.15, 0.2) is 11.4 Å². The van der Waals surface area contributed by atoms with E-state index in [0.29, 0.717) is 27.8 Å². The number of aliphatic hydroxyl groups is 4. The first kappa shape index (κ1) is 44.0. The zero-order chi connectivity index (χ0) is 47.3. The van der Waals surface area contributed by atoms with Gasteiger partial charge in [0, 0.05) is 42.2 Å². The number of Topliss-reactive ketones (excluding diaryl/α,β-unsaturated/α-hetero) is 2. The SMILES string of the molecule is CC[C@H]1C2=[N+]3C(=Cc4c(C(C)=O)c(C)c5n4[C@@]34n3c(c(C)c6c3=C(C3=[N+]4C(=C5)[C@@H](C)[C@@H]3CCC(=O)N[C@@H](CCC(=O)NC3C(O)OC(CO)C(O)C3O)C(=O)O)C(C(=O)OC)C6=O)=C2)[C@@H]1C. The second-order valence-corrected chi connectivity index (χ2v) is 18.9. The highest BCUT2D eigenvalue weighted by Gasteiger charge is 2.77. The van der Waals surface area contributed by atoms with Gasteiger partial charge in [0.2, 0.25) is 17.5 Å². The van der Waals surface area contributed by atoms with Gasteiger partial charge in [0.25, 0.3) is 0 Å². The van der Waals surface area contributed by atoms with E-state index in [2.05, 4.69) is 61.0 Å². The summed E-state index contributed by atoms with van der Waals surface area (Å²) in [6.07, 6.45) is 0.0270. The van der Waals surface area contributed by atoms with Crippen LogP contribution in [-0.4, -0.2) is 141 Å². The number of hydrogen-bond donors (Lipinski definition) is 7. The van der Waals surface area contributed by atoms with Crippen molar-refractivity contribution < 1.29 is 72.9 Å². The number of amides is 2. The van der Waals surface area contributed by atoms with Gasteiger partial charge in [0.15, 0.2) is 40.9 Å². The number of fused-ring (bicyclic) bond motifs is 1. The van der Waals surface area contributed by atoms with Crippen molar-refractivity contribution in [1.29, 1.82) is 0 Å². The fourth-order valence-corrected chi connectivity index (χ4v) is 12.6. The minimum atomic E-state index is -1.77. The first-order valence-electron chi connectivity index (χ1n) is 22.6. The van der Waals surface area contributed by atoms with Crippen molar-refractivity contribution >= 4 is 70.5 Å². The number of carboxylic acid groups (broad SMARTS) is 1. The van der Waals surface area contributed by atoms with Crippen LogP contribution in [0.2, 0.25) is 0 Å². The molecule has 2 aromatic heterocycles. The summed E-state index contributed by atoms with van der Waals surface area (Å²) in [5.74, 6) is -7.17. The lowest BCUT2D eigenvalue weighted by molar-refractivity contribution is -0.837. The van der Waals surface area contributed by atoms with Crippen molar-refractivity contribution in [2.24, 2.45) is 29.6 Å². The molecular formula is C47H54N6O13+2. The summed E-state index contributed by atoms with van der Waals surface area (Å²) in [6, 6.07) is -2.98. The summed E-state index contributed by atoms with van der Waals surface area (Å²) < 4.78 is 19.4. The molecule has 0 saturated carbocycles. The van der Waals surface area contributed by atoms with Crippen LogP contribution in [0.25, 0.3) is 23.8 Å². The van der Waals surface area contributed by atoms with Gasteiger partial charge >= 0.3 is 17.8 Å². The summed E-state index contributed by atoms with van der Waals surface area (Å²) in [4.78, 5) is 81.8. The van der Waals surface area contributed by atoms with E-state index in [9.17, 15) is 54.3 Å². The maximum Gasteiger partial charge on any atom is 0.552 e. The Hall–Kier alpha value is -5.86. The Balaban J connectivity index is 1.04. The van der Waals surface area contributed by atoms with E-state index in [0.717, 1.165) is 51.4 Å². The number of esters is 1. The molecule has 8 aliphatic rings. The average Bonchev–Trinajstić information content (AvgIpc) is 4.01. The van der Waals surface area contributed by atoms with Crippen molar-refractivity contribution in [2.45, 2.75) is 116 Å². The third kappa shape index (κ3) is 5.48. The molecule has 66 heavy (non-hydrogen) atoms. The van der Waals surface area contributed by atoms with E-state index in [1.165, 1.54) is 7.11 Å². The summed E-state index contributed by atoms with van der Waals surface area (Å²) in [5, 5.41) is 56.8. The number of ketones is 2. The van der Waals surface area contributed by atoms with Crippen LogP contribution in [0.3, 0.4) is 0 Å². The van der Waals surface area contributed by atoms with Gasteiger partial charge in [-0.05, 0) is 51.2 Å². The lowest BCUT2D eigenvalue weighted by Crippen LogP contribution is -2.70. The zero-order valence-corrected chi connectivity index (χ0v) is 37.6. The molecule has 19 nitrogen and oxygen atoms in total. The maximum atomic E-state index is 14.8. The molecule has 9 heterocycles. The van der Waals surface area contributed by atoms with Gasteiger partial charge in [-0.3, -0.25) is 24.0 Å². The standard InChI is InChI=1S/C47H52N6O13/c1-8-22-17(2)25-15-30-34(21(6)55)19(4)27-13-26-18(3)23(9-11-32(56)48-24(44(61)62)10-12-33(57)49-38-43(60)41(58)31(16-54)66-46(38)64)39-36-37(45(63)65-7)42(59)35-20(5)28-14-29(22)50(25)47(51(27)30,52(26)39)53(28)40(35)36/h13-15,17-18,22-24,31,37-38,41,43,46,54,58,60,64H,8-12,16H2,1-7H3,(H-2,48,49,56,57,61,62)/p+2/t17-,18+,22-,23+,24+,31?,37?,38?,41?,43?,46?,47+/m1/s1. The predicted octanol–water partition coefficient (Wildman–Crippen LogP) is -1.23. The molecule has 2 amide bonds. The third-order valence-electron chi connectivity index (χ3n) is 15.7. The number of carbonyl (C=O) groups excluding carboxylic acids is 5. The molecule has 7 aliphatic heterocycles. The van der Waals surface area contributed by atoms with Crippen molar-refractivity contribution in [3.8, 4) is 0 Å². The number of ether oxygens (including phenoxy) is 2. The van der Waals surface area contributed by atoms with Crippen LogP contribution in [0, 0.1) is 43.4 Å². The Bertz CT molecular complexity index is 2920. The van der Waals surface area contributed by atoms with Crippen molar-refractivity contribution in [1.82, 2.24) is 19.8 Å². The smallest absolute Gasteiger partial charge is 0.480 e. The molecule has 12 atom stereocenters. The van der Waals surface area contributed by atoms with Crippen LogP contribution in [0.4, 0.5) is 0 Å². The van der Waals surface area contributed by atoms with E-state index < -0.39 is 91.2 Å². The summed E-state index contributed by atoms with van der Waals surface area (Å²) in [6.45, 7) is 11.1. The van der Waals surface area contributed by atoms with Crippen LogP contribution < -0.4 is 21.3 Å². The van der Waals surface area contributed by atoms with Gasteiger partial charge in [-0.1, -0.05) is 29.9 Å². The highest BCUT2D eigenvalue weighted by atomic mass is 16.6. The molecule has 1 aliphatic carbocycles. The number of carboxylic acids is 1. The number of nitrogens with zero attached hydrogens (tertiary/aromatic N) is 4. The summed E-state index contributed by atoms with van der Waals surface area (Å²) in [7, 11) is 1.25. The molecule has 1 saturated heterocycles. The molecule has 0 bridgehead atoms. The molecule has 348 valence electrons. The fraction of sp³-hybridized carbons (Fsp3) is 0.532. The number of rotatable bonds is 13. The van der Waals surface area contributed by atoms with Gasteiger partial charge in [-0.2, -0.15) is 9.13 Å². The minimum absolute atomic E-state index is 0.0493. The average molecular weight is 911 g/mol. The van der Waals surface area contributed by atoms with Gasteiger partial charge < -0.3 is 45.6 Å². The fourth-order valence-electron chi connectivity index (χ4n) is 12.6. The lowest BCUT2D eigenvalue weighted by atomic mass is 9.81. The van der Waals surface area contributed by atoms with E-state index >= 15 is 0 Å². The number of methoxy groups -OCH3 is 1. The number of hydrogen-bond acceptors (Lipinski definition) is 12. The number of aliphatic hydroxyl groups excluding tert-OH is 4. The topological polar surface area (TPSA) is 262 Å². The van der Waals surface area contributed by atoms with Crippen LogP contribution in [0.1, 0.15) is 103 Å². The molecule has 2 aromatic rings. The summed E-state index contributed by atoms with van der Waals surface area (Å²) in [5.41, 5.74) is 8.30. The van der Waals surface area contributed by atoms with Crippen molar-refractivity contribution in [3.05, 3.63) is 55.7 Å². The van der Waals surface area contributed by atoms with Crippen molar-refractivity contribution in [3.63, 3.8) is 0 Å². The number of aromatic nitrogens is 2. The maximum absolute atomic E-state index is 14.8. The molecule has 1 spiro atoms. The van der Waals surface area contributed by atoms with Crippen LogP contribution in [-0.2, 0) is 34.6 Å². The highest BCUT2D eigenvalue weighted by molar-refractivity contribution is 6.34. The minimum Gasteiger partial charge on any atom is -0.480 e.